The van der Waals surface area contributed by atoms with Gasteiger partial charge in [0.2, 0.25) is 0 Å². The van der Waals surface area contributed by atoms with Gasteiger partial charge in [0.05, 0.1) is 5.92 Å². The first-order valence-corrected chi connectivity index (χ1v) is 8.64. The maximum atomic E-state index is 11.8. The Hall–Kier alpha value is -2.42. The Morgan fingerprint density at radius 2 is 1.80 bits per heavy atom. The van der Waals surface area contributed by atoms with Crippen molar-refractivity contribution in [2.24, 2.45) is 5.92 Å². The first-order chi connectivity index (χ1) is 11.9. The summed E-state index contributed by atoms with van der Waals surface area (Å²) in [6.07, 6.45) is 5.29. The molecule has 1 atom stereocenters. The highest BCUT2D eigenvalue weighted by atomic mass is 16.4. The van der Waals surface area contributed by atoms with Crippen LogP contribution in [0.1, 0.15) is 51.7 Å². The third-order valence-electron chi connectivity index (χ3n) is 4.23. The summed E-state index contributed by atoms with van der Waals surface area (Å²) in [5.41, 5.74) is 5.66. The van der Waals surface area contributed by atoms with Crippen molar-refractivity contribution in [3.63, 3.8) is 0 Å². The molecule has 0 radical (unpaired) electrons. The summed E-state index contributed by atoms with van der Waals surface area (Å²) in [7, 11) is 0. The number of aryl methyl sites for hydroxylation is 1. The molecule has 1 aromatic rings. The maximum absolute atomic E-state index is 11.8. The van der Waals surface area contributed by atoms with Gasteiger partial charge in [0.1, 0.15) is 6.29 Å². The van der Waals surface area contributed by atoms with Gasteiger partial charge in [0.25, 0.3) is 0 Å². The molecular weight excluding hydrogens is 312 g/mol. The molecule has 3 nitrogen and oxygen atoms in total. The Balaban J connectivity index is 3.87. The van der Waals surface area contributed by atoms with Gasteiger partial charge >= 0.3 is 5.97 Å². The number of carboxylic acids is 1. The van der Waals surface area contributed by atoms with E-state index in [2.05, 4.69) is 0 Å². The molecule has 1 rings (SSSR count). The lowest BCUT2D eigenvalue weighted by molar-refractivity contribution is -0.140. The number of aliphatic carboxylic acids is 1. The molecule has 0 aromatic heterocycles. The van der Waals surface area contributed by atoms with Crippen LogP contribution < -0.4 is 0 Å². The van der Waals surface area contributed by atoms with Crippen molar-refractivity contribution in [2.45, 2.75) is 47.5 Å². The summed E-state index contributed by atoms with van der Waals surface area (Å²) in [4.78, 5) is 23.1. The fourth-order valence-corrected chi connectivity index (χ4v) is 2.98. The summed E-state index contributed by atoms with van der Waals surface area (Å²) in [5.74, 6) is -1.57. The van der Waals surface area contributed by atoms with Crippen LogP contribution in [0.3, 0.4) is 0 Å². The van der Waals surface area contributed by atoms with Crippen molar-refractivity contribution in [3.8, 4) is 0 Å². The minimum absolute atomic E-state index is 0.113. The molecule has 3 heteroatoms. The van der Waals surface area contributed by atoms with Gasteiger partial charge in [-0.05, 0) is 56.4 Å². The molecule has 0 fully saturated rings. The molecule has 0 saturated carbocycles. The van der Waals surface area contributed by atoms with E-state index in [-0.39, 0.29) is 6.42 Å². The second-order valence-electron chi connectivity index (χ2n) is 6.35. The van der Waals surface area contributed by atoms with Crippen LogP contribution in [0.4, 0.5) is 0 Å². The van der Waals surface area contributed by atoms with Crippen LogP contribution >= 0.6 is 0 Å². The number of benzene rings is 1. The van der Waals surface area contributed by atoms with Gasteiger partial charge < -0.3 is 9.90 Å². The highest BCUT2D eigenvalue weighted by molar-refractivity contribution is 5.90. The zero-order valence-corrected chi connectivity index (χ0v) is 15.8. The summed E-state index contributed by atoms with van der Waals surface area (Å²) in [6.45, 7) is 9.80. The molecule has 0 aliphatic heterocycles. The molecule has 0 aliphatic carbocycles. The molecule has 0 heterocycles. The van der Waals surface area contributed by atoms with E-state index < -0.39 is 11.9 Å². The second-order valence-corrected chi connectivity index (χ2v) is 6.35. The maximum Gasteiger partial charge on any atom is 0.310 e. The third-order valence-corrected chi connectivity index (χ3v) is 4.23. The van der Waals surface area contributed by atoms with E-state index in [1.807, 2.05) is 71.0 Å². The molecule has 0 bridgehead atoms. The van der Waals surface area contributed by atoms with Crippen molar-refractivity contribution >= 4 is 17.8 Å². The van der Waals surface area contributed by atoms with Crippen molar-refractivity contribution < 1.29 is 14.7 Å². The highest BCUT2D eigenvalue weighted by Crippen LogP contribution is 2.36. The fraction of sp³-hybridized carbons (Fsp3) is 0.364. The Bertz CT molecular complexity index is 699. The van der Waals surface area contributed by atoms with Gasteiger partial charge in [0.15, 0.2) is 0 Å². The quantitative estimate of drug-likeness (QED) is 0.512. The number of aldehydes is 1. The normalized spacial score (nSPS) is 13.3. The van der Waals surface area contributed by atoms with E-state index in [0.717, 1.165) is 34.1 Å². The van der Waals surface area contributed by atoms with Crippen LogP contribution in [0.5, 0.6) is 0 Å². The zero-order valence-electron chi connectivity index (χ0n) is 15.8. The number of carbonyl (C=O) groups excluding carboxylic acids is 1. The average molecular weight is 340 g/mol. The lowest BCUT2D eigenvalue weighted by Crippen LogP contribution is -2.18. The van der Waals surface area contributed by atoms with Crippen LogP contribution in [-0.4, -0.2) is 17.4 Å². The SMILES string of the molecule is C/C=C\C(=C(C)C)/C(=C(\CC=O)C(CC)C(=O)O)c1ccc(C)cc1. The number of hydrogen-bond acceptors (Lipinski definition) is 2. The van der Waals surface area contributed by atoms with Crippen LogP contribution in [0.15, 0.2) is 53.1 Å². The molecule has 1 aromatic carbocycles. The van der Waals surface area contributed by atoms with Crippen LogP contribution in [0.25, 0.3) is 5.57 Å². The van der Waals surface area contributed by atoms with Gasteiger partial charge in [-0.2, -0.15) is 0 Å². The van der Waals surface area contributed by atoms with E-state index in [9.17, 15) is 14.7 Å². The Morgan fingerprint density at radius 1 is 1.20 bits per heavy atom. The summed E-state index contributed by atoms with van der Waals surface area (Å²) in [6, 6.07) is 8.01. The molecule has 25 heavy (non-hydrogen) atoms. The topological polar surface area (TPSA) is 54.4 Å². The van der Waals surface area contributed by atoms with Crippen LogP contribution in [0, 0.1) is 12.8 Å². The van der Waals surface area contributed by atoms with E-state index >= 15 is 0 Å². The summed E-state index contributed by atoms with van der Waals surface area (Å²) in [5, 5.41) is 9.68. The predicted molar refractivity (Wildman–Crippen MR) is 103 cm³/mol. The average Bonchev–Trinajstić information content (AvgIpc) is 2.56. The molecule has 0 spiro atoms. The number of allylic oxidation sites excluding steroid dienone is 5. The first-order valence-electron chi connectivity index (χ1n) is 8.64. The lowest BCUT2D eigenvalue weighted by atomic mass is 9.82. The van der Waals surface area contributed by atoms with Gasteiger partial charge in [-0.15, -0.1) is 0 Å². The number of carbonyl (C=O) groups is 2. The van der Waals surface area contributed by atoms with E-state index in [4.69, 9.17) is 0 Å². The first kappa shape index (κ1) is 20.6. The van der Waals surface area contributed by atoms with Crippen molar-refractivity contribution in [1.82, 2.24) is 0 Å². The Labute approximate surface area is 150 Å². The molecular formula is C22H28O3. The molecule has 1 N–H and O–H groups in total. The minimum atomic E-state index is -0.891. The second kappa shape index (κ2) is 9.77. The van der Waals surface area contributed by atoms with Crippen molar-refractivity contribution in [3.05, 3.63) is 64.3 Å². The molecule has 134 valence electrons. The van der Waals surface area contributed by atoms with E-state index in [1.165, 1.54) is 0 Å². The van der Waals surface area contributed by atoms with Gasteiger partial charge in [-0.25, -0.2) is 0 Å². The molecule has 1 unspecified atom stereocenters. The molecule has 0 amide bonds. The predicted octanol–water partition coefficient (Wildman–Crippen LogP) is 5.36. The highest BCUT2D eigenvalue weighted by Gasteiger charge is 2.25. The van der Waals surface area contributed by atoms with Crippen LogP contribution in [0.2, 0.25) is 0 Å². The number of carboxylic acid groups (broad SMARTS) is 1. The third kappa shape index (κ3) is 5.28. The zero-order chi connectivity index (χ0) is 19.0. The lowest BCUT2D eigenvalue weighted by Gasteiger charge is -2.22. The Kier molecular flexibility index (Phi) is 8.06. The standard InChI is InChI=1S/C22H28O3/c1-6-8-19(15(3)4)21(17-11-9-16(5)10-12-17)20(13-14-23)18(7-2)22(24)25/h6,8-12,14,18H,7,13H2,1-5H3,(H,24,25)/b8-6-,21-20+. The largest absolute Gasteiger partial charge is 0.481 e. The van der Waals surface area contributed by atoms with Gasteiger partial charge in [-0.1, -0.05) is 54.5 Å². The Morgan fingerprint density at radius 3 is 2.20 bits per heavy atom. The summed E-state index contributed by atoms with van der Waals surface area (Å²) >= 11 is 0. The summed E-state index contributed by atoms with van der Waals surface area (Å²) < 4.78 is 0. The van der Waals surface area contributed by atoms with Crippen LogP contribution in [-0.2, 0) is 9.59 Å². The molecule has 0 aliphatic rings. The van der Waals surface area contributed by atoms with Crippen molar-refractivity contribution in [1.29, 1.82) is 0 Å². The number of hydrogen-bond donors (Lipinski definition) is 1. The van der Waals surface area contributed by atoms with E-state index in [1.54, 1.807) is 0 Å². The van der Waals surface area contributed by atoms with Gasteiger partial charge in [-0.3, -0.25) is 4.79 Å². The van der Waals surface area contributed by atoms with Gasteiger partial charge in [0, 0.05) is 6.42 Å². The smallest absolute Gasteiger partial charge is 0.310 e. The minimum Gasteiger partial charge on any atom is -0.481 e. The monoisotopic (exact) mass is 340 g/mol. The fourth-order valence-electron chi connectivity index (χ4n) is 2.98. The van der Waals surface area contributed by atoms with E-state index in [0.29, 0.717) is 12.0 Å². The number of rotatable bonds is 8. The van der Waals surface area contributed by atoms with Crippen molar-refractivity contribution in [2.75, 3.05) is 0 Å². The molecule has 0 saturated heterocycles.